The SMILES string of the molecule is NNC(c1cncnc1)C1CCCCS1(=O)=O. The average molecular weight is 256 g/mol. The molecule has 1 aliphatic rings. The van der Waals surface area contributed by atoms with Crippen molar-refractivity contribution in [3.8, 4) is 0 Å². The van der Waals surface area contributed by atoms with Gasteiger partial charge in [0, 0.05) is 18.0 Å². The van der Waals surface area contributed by atoms with Gasteiger partial charge in [0.05, 0.1) is 17.0 Å². The summed E-state index contributed by atoms with van der Waals surface area (Å²) in [7, 11) is -3.08. The first-order valence-corrected chi connectivity index (χ1v) is 7.29. The molecule has 0 bridgehead atoms. The fourth-order valence-electron chi connectivity index (χ4n) is 2.24. The number of rotatable bonds is 3. The Balaban J connectivity index is 2.30. The zero-order chi connectivity index (χ0) is 12.3. The number of nitrogens with two attached hydrogens (primary N) is 1. The van der Waals surface area contributed by atoms with E-state index in [1.807, 2.05) is 0 Å². The van der Waals surface area contributed by atoms with Crippen LogP contribution in [-0.4, -0.2) is 29.4 Å². The van der Waals surface area contributed by atoms with Crippen LogP contribution in [0.25, 0.3) is 0 Å². The lowest BCUT2D eigenvalue weighted by Crippen LogP contribution is -2.43. The van der Waals surface area contributed by atoms with Crippen LogP contribution >= 0.6 is 0 Å². The van der Waals surface area contributed by atoms with Gasteiger partial charge >= 0.3 is 0 Å². The fourth-order valence-corrected chi connectivity index (χ4v) is 4.33. The monoisotopic (exact) mass is 256 g/mol. The molecule has 0 saturated carbocycles. The molecule has 0 aliphatic carbocycles. The molecule has 1 saturated heterocycles. The lowest BCUT2D eigenvalue weighted by molar-refractivity contribution is 0.452. The lowest BCUT2D eigenvalue weighted by Gasteiger charge is -2.29. The molecule has 3 N–H and O–H groups in total. The van der Waals surface area contributed by atoms with Crippen molar-refractivity contribution >= 4 is 9.84 Å². The van der Waals surface area contributed by atoms with Gasteiger partial charge in [-0.1, -0.05) is 6.42 Å². The van der Waals surface area contributed by atoms with E-state index in [-0.39, 0.29) is 5.75 Å². The second kappa shape index (κ2) is 5.07. The van der Waals surface area contributed by atoms with Crippen LogP contribution in [-0.2, 0) is 9.84 Å². The smallest absolute Gasteiger partial charge is 0.155 e. The molecule has 2 rings (SSSR count). The number of nitrogens with one attached hydrogen (secondary N) is 1. The summed E-state index contributed by atoms with van der Waals surface area (Å²) in [6.07, 6.45) is 6.89. The van der Waals surface area contributed by atoms with Gasteiger partial charge in [-0.3, -0.25) is 11.3 Å². The van der Waals surface area contributed by atoms with E-state index in [1.54, 1.807) is 12.4 Å². The number of nitrogens with zero attached hydrogens (tertiary/aromatic N) is 2. The molecular weight excluding hydrogens is 240 g/mol. The van der Waals surface area contributed by atoms with E-state index in [0.29, 0.717) is 12.0 Å². The molecule has 94 valence electrons. The molecule has 0 aromatic carbocycles. The van der Waals surface area contributed by atoms with Gasteiger partial charge in [0.1, 0.15) is 6.33 Å². The molecule has 0 amide bonds. The highest BCUT2D eigenvalue weighted by Gasteiger charge is 2.36. The quantitative estimate of drug-likeness (QED) is 0.581. The van der Waals surface area contributed by atoms with Gasteiger partial charge < -0.3 is 0 Å². The molecule has 1 aromatic heterocycles. The summed E-state index contributed by atoms with van der Waals surface area (Å²) >= 11 is 0. The first-order valence-electron chi connectivity index (χ1n) is 5.58. The molecule has 1 aromatic rings. The summed E-state index contributed by atoms with van der Waals surface area (Å²) in [6.45, 7) is 0. The molecule has 2 atom stereocenters. The normalized spacial score (nSPS) is 25.4. The second-order valence-corrected chi connectivity index (χ2v) is 6.56. The topological polar surface area (TPSA) is 98.0 Å². The fraction of sp³-hybridized carbons (Fsp3) is 0.600. The molecule has 17 heavy (non-hydrogen) atoms. The van der Waals surface area contributed by atoms with Crippen molar-refractivity contribution in [1.82, 2.24) is 15.4 Å². The zero-order valence-electron chi connectivity index (χ0n) is 9.41. The van der Waals surface area contributed by atoms with E-state index in [9.17, 15) is 8.42 Å². The van der Waals surface area contributed by atoms with E-state index < -0.39 is 21.1 Å². The van der Waals surface area contributed by atoms with E-state index in [4.69, 9.17) is 5.84 Å². The number of hydrogen-bond donors (Lipinski definition) is 2. The number of hydrazine groups is 1. The summed E-state index contributed by atoms with van der Waals surface area (Å²) in [5.41, 5.74) is 3.30. The maximum Gasteiger partial charge on any atom is 0.155 e. The third-order valence-electron chi connectivity index (χ3n) is 3.12. The van der Waals surface area contributed by atoms with E-state index >= 15 is 0 Å². The molecular formula is C10H16N4O2S. The van der Waals surface area contributed by atoms with Gasteiger partial charge in [-0.25, -0.2) is 18.4 Å². The van der Waals surface area contributed by atoms with Crippen molar-refractivity contribution in [3.63, 3.8) is 0 Å². The van der Waals surface area contributed by atoms with Crippen LogP contribution in [0.2, 0.25) is 0 Å². The van der Waals surface area contributed by atoms with Crippen molar-refractivity contribution in [2.75, 3.05) is 5.75 Å². The van der Waals surface area contributed by atoms with Crippen LogP contribution in [0.1, 0.15) is 30.9 Å². The van der Waals surface area contributed by atoms with E-state index in [2.05, 4.69) is 15.4 Å². The van der Waals surface area contributed by atoms with Crippen LogP contribution in [0.5, 0.6) is 0 Å². The third kappa shape index (κ3) is 2.62. The maximum atomic E-state index is 12.0. The Hall–Kier alpha value is -1.05. The highest BCUT2D eigenvalue weighted by molar-refractivity contribution is 7.92. The Bertz CT molecular complexity index is 462. The van der Waals surface area contributed by atoms with E-state index in [0.717, 1.165) is 12.8 Å². The lowest BCUT2D eigenvalue weighted by atomic mass is 10.0. The molecule has 1 aliphatic heterocycles. The summed E-state index contributed by atoms with van der Waals surface area (Å²) in [4.78, 5) is 7.79. The van der Waals surface area contributed by atoms with Crippen molar-refractivity contribution in [1.29, 1.82) is 0 Å². The van der Waals surface area contributed by atoms with Crippen molar-refractivity contribution < 1.29 is 8.42 Å². The minimum Gasteiger partial charge on any atom is -0.271 e. The zero-order valence-corrected chi connectivity index (χ0v) is 10.2. The summed E-state index contributed by atoms with van der Waals surface area (Å²) in [5.74, 6) is 5.73. The molecule has 0 spiro atoms. The van der Waals surface area contributed by atoms with Gasteiger partial charge in [-0.2, -0.15) is 0 Å². The summed E-state index contributed by atoms with van der Waals surface area (Å²) in [5, 5.41) is -0.479. The molecule has 1 fully saturated rings. The van der Waals surface area contributed by atoms with Crippen LogP contribution in [0.3, 0.4) is 0 Å². The molecule has 0 radical (unpaired) electrons. The Morgan fingerprint density at radius 1 is 1.35 bits per heavy atom. The number of sulfone groups is 1. The predicted molar refractivity (Wildman–Crippen MR) is 63.5 cm³/mol. The Morgan fingerprint density at radius 3 is 2.65 bits per heavy atom. The Morgan fingerprint density at radius 2 is 2.06 bits per heavy atom. The van der Waals surface area contributed by atoms with Crippen molar-refractivity contribution in [2.45, 2.75) is 30.6 Å². The standard InChI is InChI=1S/C10H16N4O2S/c11-14-10(8-5-12-7-13-6-8)9-3-1-2-4-17(9,15)16/h5-7,9-10,14H,1-4,11H2. The summed E-state index contributed by atoms with van der Waals surface area (Å²) in [6, 6.07) is -0.429. The van der Waals surface area contributed by atoms with Gasteiger partial charge in [-0.15, -0.1) is 0 Å². The van der Waals surface area contributed by atoms with Crippen molar-refractivity contribution in [3.05, 3.63) is 24.3 Å². The van der Waals surface area contributed by atoms with Crippen LogP contribution in [0.4, 0.5) is 0 Å². The van der Waals surface area contributed by atoms with E-state index in [1.165, 1.54) is 6.33 Å². The van der Waals surface area contributed by atoms with Crippen LogP contribution in [0, 0.1) is 0 Å². The first kappa shape index (κ1) is 12.4. The molecule has 2 heterocycles. The van der Waals surface area contributed by atoms with Gasteiger partial charge in [0.25, 0.3) is 0 Å². The highest BCUT2D eigenvalue weighted by Crippen LogP contribution is 2.29. The van der Waals surface area contributed by atoms with Crippen molar-refractivity contribution in [2.24, 2.45) is 5.84 Å². The second-order valence-electron chi connectivity index (χ2n) is 4.22. The highest BCUT2D eigenvalue weighted by atomic mass is 32.2. The third-order valence-corrected chi connectivity index (χ3v) is 5.41. The molecule has 7 heteroatoms. The maximum absolute atomic E-state index is 12.0. The number of hydrogen-bond acceptors (Lipinski definition) is 6. The minimum absolute atomic E-state index is 0.240. The molecule has 2 unspecified atom stereocenters. The predicted octanol–water partition coefficient (Wildman–Crippen LogP) is -0.0517. The minimum atomic E-state index is -3.08. The number of aromatic nitrogens is 2. The Labute approximate surface area is 101 Å². The van der Waals surface area contributed by atoms with Gasteiger partial charge in [0.15, 0.2) is 9.84 Å². The van der Waals surface area contributed by atoms with Crippen LogP contribution in [0.15, 0.2) is 18.7 Å². The van der Waals surface area contributed by atoms with Gasteiger partial charge in [0.2, 0.25) is 0 Å². The van der Waals surface area contributed by atoms with Gasteiger partial charge in [-0.05, 0) is 12.8 Å². The molecule has 6 nitrogen and oxygen atoms in total. The summed E-state index contributed by atoms with van der Waals surface area (Å²) < 4.78 is 24.0. The largest absolute Gasteiger partial charge is 0.271 e. The first-order chi connectivity index (χ1) is 8.15. The van der Waals surface area contributed by atoms with Crippen LogP contribution < -0.4 is 11.3 Å². The Kier molecular flexibility index (Phi) is 3.70. The average Bonchev–Trinajstić information content (AvgIpc) is 2.33.